The number of carbonyl (C=O) groups excluding carboxylic acids is 1. The fourth-order valence-electron chi connectivity index (χ4n) is 2.39. The molecule has 1 atom stereocenters. The number of nitrogens with one attached hydrogen (secondary N) is 1. The van der Waals surface area contributed by atoms with Crippen LogP contribution in [-0.4, -0.2) is 27.3 Å². The van der Waals surface area contributed by atoms with Crippen LogP contribution in [0.3, 0.4) is 0 Å². The van der Waals surface area contributed by atoms with Crippen molar-refractivity contribution in [2.75, 3.05) is 6.54 Å². The van der Waals surface area contributed by atoms with E-state index in [1.54, 1.807) is 35.2 Å². The first-order valence-corrected chi connectivity index (χ1v) is 8.16. The number of hydrogen-bond acceptors (Lipinski definition) is 5. The molecule has 1 aromatic carbocycles. The molecule has 2 rings (SSSR count). The van der Waals surface area contributed by atoms with Gasteiger partial charge in [0.25, 0.3) is 11.7 Å². The van der Waals surface area contributed by atoms with Gasteiger partial charge in [-0.3, -0.25) is 14.9 Å². The molecule has 0 saturated heterocycles. The minimum absolute atomic E-state index is 0.173. The van der Waals surface area contributed by atoms with E-state index in [4.69, 9.17) is 12.2 Å². The summed E-state index contributed by atoms with van der Waals surface area (Å²) in [5.41, 5.74) is 0.610. The van der Waals surface area contributed by atoms with Crippen molar-refractivity contribution in [3.05, 3.63) is 82.7 Å². The summed E-state index contributed by atoms with van der Waals surface area (Å²) in [5.74, 6) is -0.393. The van der Waals surface area contributed by atoms with Gasteiger partial charge in [-0.1, -0.05) is 30.4 Å². The van der Waals surface area contributed by atoms with Crippen LogP contribution in [0.5, 0.6) is 0 Å². The number of aliphatic hydroxyl groups is 1. The molecule has 0 aliphatic heterocycles. The lowest BCUT2D eigenvalue weighted by atomic mass is 10.0. The number of nitro benzene ring substituents is 1. The number of nitrogens with zero attached hydrogens (tertiary/aromatic N) is 2. The highest BCUT2D eigenvalue weighted by Crippen LogP contribution is 2.17. The molecule has 134 valence electrons. The molecule has 0 aliphatic carbocycles. The molecule has 0 saturated carbocycles. The van der Waals surface area contributed by atoms with Crippen LogP contribution in [0.2, 0.25) is 0 Å². The lowest BCUT2D eigenvalue weighted by molar-refractivity contribution is -0.692. The molecule has 1 aromatic heterocycles. The van der Waals surface area contributed by atoms with Gasteiger partial charge in [-0.25, -0.2) is 0 Å². The molecule has 0 radical (unpaired) electrons. The molecule has 8 heteroatoms. The van der Waals surface area contributed by atoms with E-state index in [1.165, 1.54) is 24.3 Å². The number of hydrogen-bond donors (Lipinski definition) is 2. The van der Waals surface area contributed by atoms with Crippen molar-refractivity contribution >= 4 is 28.7 Å². The standard InChI is InChI=1S/C18H17N3O4S/c1-2-8-19-18(26)16(20-9-4-5-13(11-20)12-22)17(23)14-6-3-7-15(10-14)21(24)25/h2-7,9-11,16,22H,1,8,12H2/p+1. The zero-order valence-corrected chi connectivity index (χ0v) is 14.7. The van der Waals surface area contributed by atoms with Gasteiger partial charge >= 0.3 is 0 Å². The number of aromatic nitrogens is 1. The molecule has 0 amide bonds. The summed E-state index contributed by atoms with van der Waals surface area (Å²) in [4.78, 5) is 23.7. The van der Waals surface area contributed by atoms with Crippen LogP contribution in [0, 0.1) is 10.1 Å². The number of ketones is 1. The number of non-ortho nitro benzene ring substituents is 1. The third kappa shape index (κ3) is 4.56. The predicted molar refractivity (Wildman–Crippen MR) is 99.8 cm³/mol. The third-order valence-corrected chi connectivity index (χ3v) is 3.99. The first-order valence-electron chi connectivity index (χ1n) is 7.75. The van der Waals surface area contributed by atoms with Gasteiger partial charge in [-0.05, 0) is 6.07 Å². The van der Waals surface area contributed by atoms with Gasteiger partial charge in [0.2, 0.25) is 5.78 Å². The molecular weight excluding hydrogens is 354 g/mol. The summed E-state index contributed by atoms with van der Waals surface area (Å²) in [5, 5.41) is 23.3. The molecule has 0 bridgehead atoms. The number of nitro groups is 1. The average Bonchev–Trinajstić information content (AvgIpc) is 2.66. The van der Waals surface area contributed by atoms with E-state index in [0.717, 1.165) is 0 Å². The van der Waals surface area contributed by atoms with Crippen molar-refractivity contribution in [3.63, 3.8) is 0 Å². The Labute approximate surface area is 155 Å². The first kappa shape index (κ1) is 19.4. The summed E-state index contributed by atoms with van der Waals surface area (Å²) in [6.45, 7) is 3.79. The Morgan fingerprint density at radius 1 is 1.42 bits per heavy atom. The molecule has 0 aliphatic rings. The van der Waals surface area contributed by atoms with Crippen molar-refractivity contribution in [1.82, 2.24) is 5.32 Å². The number of rotatable bonds is 8. The van der Waals surface area contributed by atoms with Crippen LogP contribution in [0.25, 0.3) is 0 Å². The number of carbonyl (C=O) groups is 1. The van der Waals surface area contributed by atoms with Gasteiger partial charge < -0.3 is 10.4 Å². The van der Waals surface area contributed by atoms with Crippen molar-refractivity contribution in [1.29, 1.82) is 0 Å². The molecule has 26 heavy (non-hydrogen) atoms. The minimum atomic E-state index is -0.904. The van der Waals surface area contributed by atoms with E-state index in [9.17, 15) is 20.0 Å². The van der Waals surface area contributed by atoms with Gasteiger partial charge in [0, 0.05) is 35.9 Å². The second-order valence-corrected chi connectivity index (χ2v) is 5.87. The highest BCUT2D eigenvalue weighted by Gasteiger charge is 2.33. The Hall–Kier alpha value is -2.97. The zero-order chi connectivity index (χ0) is 19.1. The van der Waals surface area contributed by atoms with Crippen molar-refractivity contribution in [2.45, 2.75) is 12.6 Å². The number of thiocarbonyl (C=S) groups is 1. The molecule has 0 fully saturated rings. The fourth-order valence-corrected chi connectivity index (χ4v) is 2.70. The maximum atomic E-state index is 13.1. The molecular formula is C18H18N3O4S+. The average molecular weight is 372 g/mol. The lowest BCUT2D eigenvalue weighted by Crippen LogP contribution is -2.51. The minimum Gasteiger partial charge on any atom is -0.391 e. The van der Waals surface area contributed by atoms with Crippen LogP contribution in [0.4, 0.5) is 5.69 Å². The Morgan fingerprint density at radius 3 is 2.85 bits per heavy atom. The fraction of sp³-hybridized carbons (Fsp3) is 0.167. The Bertz CT molecular complexity index is 854. The highest BCUT2D eigenvalue weighted by molar-refractivity contribution is 7.80. The van der Waals surface area contributed by atoms with Crippen LogP contribution in [-0.2, 0) is 6.61 Å². The summed E-state index contributed by atoms with van der Waals surface area (Å²) in [7, 11) is 0. The monoisotopic (exact) mass is 372 g/mol. The lowest BCUT2D eigenvalue weighted by Gasteiger charge is -2.14. The largest absolute Gasteiger partial charge is 0.391 e. The van der Waals surface area contributed by atoms with Crippen LogP contribution < -0.4 is 9.88 Å². The molecule has 2 aromatic rings. The van der Waals surface area contributed by atoms with Gasteiger partial charge in [0.05, 0.1) is 11.5 Å². The third-order valence-electron chi connectivity index (χ3n) is 3.62. The number of Topliss-reactive ketones (excluding diaryl/α,β-unsaturated/α-hetero) is 1. The summed E-state index contributed by atoms with van der Waals surface area (Å²) < 4.78 is 1.57. The van der Waals surface area contributed by atoms with E-state index in [0.29, 0.717) is 12.1 Å². The van der Waals surface area contributed by atoms with Crippen molar-refractivity contribution in [2.24, 2.45) is 0 Å². The van der Waals surface area contributed by atoms with E-state index < -0.39 is 16.7 Å². The van der Waals surface area contributed by atoms with Gasteiger partial charge in [-0.2, -0.15) is 4.57 Å². The first-order chi connectivity index (χ1) is 12.5. The number of pyridine rings is 1. The van der Waals surface area contributed by atoms with Gasteiger partial charge in [0.15, 0.2) is 17.4 Å². The molecule has 7 nitrogen and oxygen atoms in total. The normalized spacial score (nSPS) is 11.4. The second kappa shape index (κ2) is 8.93. The number of benzene rings is 1. The quantitative estimate of drug-likeness (QED) is 0.183. The van der Waals surface area contributed by atoms with E-state index in [1.807, 2.05) is 0 Å². The Morgan fingerprint density at radius 2 is 2.19 bits per heavy atom. The smallest absolute Gasteiger partial charge is 0.270 e. The molecule has 0 spiro atoms. The summed E-state index contributed by atoms with van der Waals surface area (Å²) in [6.07, 6.45) is 4.87. The van der Waals surface area contributed by atoms with Crippen molar-refractivity contribution < 1.29 is 19.4 Å². The van der Waals surface area contributed by atoms with E-state index in [-0.39, 0.29) is 22.8 Å². The molecule has 2 N–H and O–H groups in total. The maximum absolute atomic E-state index is 13.1. The Kier molecular flexibility index (Phi) is 6.65. The van der Waals surface area contributed by atoms with E-state index >= 15 is 0 Å². The van der Waals surface area contributed by atoms with E-state index in [2.05, 4.69) is 11.9 Å². The number of aliphatic hydroxyl groups excluding tert-OH is 1. The SMILES string of the molecule is C=CCNC(=S)C(C(=O)c1cccc([N+](=O)[O-])c1)[n+]1cccc(CO)c1. The maximum Gasteiger partial charge on any atom is 0.270 e. The predicted octanol–water partition coefficient (Wildman–Crippen LogP) is 1.90. The molecule has 1 unspecified atom stereocenters. The van der Waals surface area contributed by atoms with Crippen molar-refractivity contribution in [3.8, 4) is 0 Å². The Balaban J connectivity index is 2.47. The second-order valence-electron chi connectivity index (χ2n) is 5.43. The topological polar surface area (TPSA) is 96.3 Å². The summed E-state index contributed by atoms with van der Waals surface area (Å²) in [6, 6.07) is 8.01. The van der Waals surface area contributed by atoms with Gasteiger partial charge in [0.1, 0.15) is 0 Å². The van der Waals surface area contributed by atoms with Crippen LogP contribution in [0.15, 0.2) is 61.4 Å². The highest BCUT2D eigenvalue weighted by atomic mass is 32.1. The van der Waals surface area contributed by atoms with Gasteiger partial charge in [-0.15, -0.1) is 6.58 Å². The molecule has 1 heterocycles. The van der Waals surface area contributed by atoms with Crippen LogP contribution >= 0.6 is 12.2 Å². The zero-order valence-electron chi connectivity index (χ0n) is 13.9. The summed E-state index contributed by atoms with van der Waals surface area (Å²) >= 11 is 5.37. The van der Waals surface area contributed by atoms with Crippen LogP contribution in [0.1, 0.15) is 22.0 Å².